The van der Waals surface area contributed by atoms with E-state index in [-0.39, 0.29) is 0 Å². The lowest BCUT2D eigenvalue weighted by Gasteiger charge is -2.35. The van der Waals surface area contributed by atoms with Gasteiger partial charge in [-0.15, -0.1) is 11.8 Å². The number of pyridine rings is 1. The molecule has 0 bridgehead atoms. The molecule has 1 saturated heterocycles. The number of hydrogen-bond donors (Lipinski definition) is 0. The van der Waals surface area contributed by atoms with Crippen molar-refractivity contribution in [3.63, 3.8) is 0 Å². The standard InChI is InChI=1S/C16H26N2S/c1-3-5-11-18-12-7-6-8-15(18)14-9-10-16(17-13-14)19-4-2/h9-10,13,15H,3-8,11-12H2,1-2H3/t15-/m0/s1. The largest absolute Gasteiger partial charge is 0.296 e. The van der Waals surface area contributed by atoms with E-state index in [1.807, 2.05) is 11.8 Å². The smallest absolute Gasteiger partial charge is 0.0959 e. The Morgan fingerprint density at radius 3 is 2.89 bits per heavy atom. The highest BCUT2D eigenvalue weighted by atomic mass is 32.2. The normalized spacial score (nSPS) is 20.6. The van der Waals surface area contributed by atoms with Crippen LogP contribution in [0.25, 0.3) is 0 Å². The van der Waals surface area contributed by atoms with E-state index in [9.17, 15) is 0 Å². The Hall–Kier alpha value is -0.540. The summed E-state index contributed by atoms with van der Waals surface area (Å²) in [4.78, 5) is 7.26. The Kier molecular flexibility index (Phi) is 6.18. The van der Waals surface area contributed by atoms with Crippen LogP contribution < -0.4 is 0 Å². The lowest BCUT2D eigenvalue weighted by molar-refractivity contribution is 0.146. The van der Waals surface area contributed by atoms with Crippen LogP contribution in [-0.4, -0.2) is 28.7 Å². The third-order valence-corrected chi connectivity index (χ3v) is 4.67. The molecule has 0 radical (unpaired) electrons. The minimum absolute atomic E-state index is 0.605. The molecule has 0 aliphatic carbocycles. The first kappa shape index (κ1) is 14.9. The lowest BCUT2D eigenvalue weighted by Crippen LogP contribution is -2.34. The van der Waals surface area contributed by atoms with Crippen LogP contribution in [-0.2, 0) is 0 Å². The first-order chi connectivity index (χ1) is 9.35. The minimum Gasteiger partial charge on any atom is -0.296 e. The van der Waals surface area contributed by atoms with Crippen LogP contribution in [0.3, 0.4) is 0 Å². The van der Waals surface area contributed by atoms with Gasteiger partial charge < -0.3 is 0 Å². The van der Waals surface area contributed by atoms with E-state index < -0.39 is 0 Å². The molecular formula is C16H26N2S. The molecule has 19 heavy (non-hydrogen) atoms. The van der Waals surface area contributed by atoms with Crippen LogP contribution >= 0.6 is 11.8 Å². The molecule has 2 rings (SSSR count). The van der Waals surface area contributed by atoms with E-state index in [0.29, 0.717) is 6.04 Å². The fourth-order valence-electron chi connectivity index (χ4n) is 2.82. The van der Waals surface area contributed by atoms with Gasteiger partial charge in [-0.3, -0.25) is 4.90 Å². The number of thioether (sulfide) groups is 1. The third kappa shape index (κ3) is 4.22. The zero-order valence-corrected chi connectivity index (χ0v) is 13.1. The van der Waals surface area contributed by atoms with Crippen LogP contribution in [0.1, 0.15) is 57.6 Å². The summed E-state index contributed by atoms with van der Waals surface area (Å²) in [5.74, 6) is 1.10. The minimum atomic E-state index is 0.605. The zero-order valence-electron chi connectivity index (χ0n) is 12.3. The van der Waals surface area contributed by atoms with Gasteiger partial charge in [0.15, 0.2) is 0 Å². The second-order valence-electron chi connectivity index (χ2n) is 5.26. The molecule has 3 heteroatoms. The van der Waals surface area contributed by atoms with E-state index in [0.717, 1.165) is 10.8 Å². The maximum atomic E-state index is 4.59. The number of hydrogen-bond acceptors (Lipinski definition) is 3. The fourth-order valence-corrected chi connectivity index (χ4v) is 3.41. The number of unbranched alkanes of at least 4 members (excludes halogenated alkanes) is 1. The molecule has 0 aromatic carbocycles. The quantitative estimate of drug-likeness (QED) is 0.712. The van der Waals surface area contributed by atoms with Crippen molar-refractivity contribution in [2.75, 3.05) is 18.8 Å². The molecule has 2 nitrogen and oxygen atoms in total. The highest BCUT2D eigenvalue weighted by Gasteiger charge is 2.23. The number of rotatable bonds is 6. The van der Waals surface area contributed by atoms with Gasteiger partial charge >= 0.3 is 0 Å². The summed E-state index contributed by atoms with van der Waals surface area (Å²) in [5.41, 5.74) is 1.41. The molecule has 0 unspecified atom stereocenters. The van der Waals surface area contributed by atoms with Gasteiger partial charge in [0, 0.05) is 12.2 Å². The van der Waals surface area contributed by atoms with Crippen molar-refractivity contribution < 1.29 is 0 Å². The summed E-state index contributed by atoms with van der Waals surface area (Å²) in [6.07, 6.45) is 8.72. The van der Waals surface area contributed by atoms with E-state index in [2.05, 4.69) is 42.1 Å². The van der Waals surface area contributed by atoms with Crippen molar-refractivity contribution >= 4 is 11.8 Å². The van der Waals surface area contributed by atoms with Gasteiger partial charge in [-0.2, -0.15) is 0 Å². The molecule has 1 aliphatic heterocycles. The molecule has 0 spiro atoms. The predicted octanol–water partition coefficient (Wildman–Crippen LogP) is 4.52. The highest BCUT2D eigenvalue weighted by molar-refractivity contribution is 7.99. The predicted molar refractivity (Wildman–Crippen MR) is 83.7 cm³/mol. The number of nitrogens with zero attached hydrogens (tertiary/aromatic N) is 2. The molecule has 1 aromatic rings. The molecule has 106 valence electrons. The highest BCUT2D eigenvalue weighted by Crippen LogP contribution is 2.31. The molecule has 0 N–H and O–H groups in total. The monoisotopic (exact) mass is 278 g/mol. The zero-order chi connectivity index (χ0) is 13.5. The lowest BCUT2D eigenvalue weighted by atomic mass is 9.96. The van der Waals surface area contributed by atoms with Crippen molar-refractivity contribution in [1.82, 2.24) is 9.88 Å². The summed E-state index contributed by atoms with van der Waals surface area (Å²) in [6, 6.07) is 5.09. The van der Waals surface area contributed by atoms with Gasteiger partial charge in [-0.05, 0) is 49.7 Å². The molecule has 0 saturated carbocycles. The first-order valence-corrected chi connectivity index (χ1v) is 8.66. The van der Waals surface area contributed by atoms with Crippen LogP contribution in [0.15, 0.2) is 23.4 Å². The van der Waals surface area contributed by atoms with Crippen molar-refractivity contribution in [3.8, 4) is 0 Å². The van der Waals surface area contributed by atoms with Crippen molar-refractivity contribution in [2.45, 2.75) is 57.0 Å². The fraction of sp³-hybridized carbons (Fsp3) is 0.688. The molecule has 1 fully saturated rings. The van der Waals surface area contributed by atoms with E-state index >= 15 is 0 Å². The van der Waals surface area contributed by atoms with Crippen LogP contribution in [0.2, 0.25) is 0 Å². The van der Waals surface area contributed by atoms with Gasteiger partial charge in [0.2, 0.25) is 0 Å². The van der Waals surface area contributed by atoms with E-state index in [1.165, 1.54) is 50.8 Å². The summed E-state index contributed by atoms with van der Waals surface area (Å²) in [6.45, 7) is 6.95. The maximum Gasteiger partial charge on any atom is 0.0959 e. The second-order valence-corrected chi connectivity index (χ2v) is 6.55. The average Bonchev–Trinajstić information content (AvgIpc) is 2.47. The average molecular weight is 278 g/mol. The molecule has 0 amide bonds. The summed E-state index contributed by atoms with van der Waals surface area (Å²) in [5, 5.41) is 1.15. The van der Waals surface area contributed by atoms with Crippen LogP contribution in [0, 0.1) is 0 Å². The Morgan fingerprint density at radius 2 is 2.21 bits per heavy atom. The van der Waals surface area contributed by atoms with Gasteiger partial charge in [0.25, 0.3) is 0 Å². The number of piperidine rings is 1. The molecule has 1 aliphatic rings. The second kappa shape index (κ2) is 7.91. The van der Waals surface area contributed by atoms with E-state index in [4.69, 9.17) is 0 Å². The van der Waals surface area contributed by atoms with Crippen molar-refractivity contribution in [3.05, 3.63) is 23.9 Å². The summed E-state index contributed by atoms with van der Waals surface area (Å²) < 4.78 is 0. The Labute approximate surface area is 122 Å². The summed E-state index contributed by atoms with van der Waals surface area (Å²) >= 11 is 1.82. The third-order valence-electron chi connectivity index (χ3n) is 3.85. The van der Waals surface area contributed by atoms with E-state index in [1.54, 1.807) is 0 Å². The molecule has 2 heterocycles. The molecule has 1 aromatic heterocycles. The topological polar surface area (TPSA) is 16.1 Å². The summed E-state index contributed by atoms with van der Waals surface area (Å²) in [7, 11) is 0. The van der Waals surface area contributed by atoms with Gasteiger partial charge in [-0.1, -0.05) is 32.8 Å². The maximum absolute atomic E-state index is 4.59. The molecular weight excluding hydrogens is 252 g/mol. The molecule has 1 atom stereocenters. The first-order valence-electron chi connectivity index (χ1n) is 7.68. The van der Waals surface area contributed by atoms with Gasteiger partial charge in [-0.25, -0.2) is 4.98 Å². The Bertz CT molecular complexity index is 364. The van der Waals surface area contributed by atoms with Crippen molar-refractivity contribution in [2.24, 2.45) is 0 Å². The van der Waals surface area contributed by atoms with Gasteiger partial charge in [0.1, 0.15) is 0 Å². The SMILES string of the molecule is CCCCN1CCCC[C@H]1c1ccc(SCC)nc1. The van der Waals surface area contributed by atoms with Gasteiger partial charge in [0.05, 0.1) is 5.03 Å². The van der Waals surface area contributed by atoms with Crippen molar-refractivity contribution in [1.29, 1.82) is 0 Å². The van der Waals surface area contributed by atoms with Crippen LogP contribution in [0.4, 0.5) is 0 Å². The Balaban J connectivity index is 2.03. The number of likely N-dealkylation sites (tertiary alicyclic amines) is 1. The Morgan fingerprint density at radius 1 is 1.32 bits per heavy atom. The number of aromatic nitrogens is 1. The van der Waals surface area contributed by atoms with Crippen LogP contribution in [0.5, 0.6) is 0 Å².